The first-order valence-electron chi connectivity index (χ1n) is 5.61. The van der Waals surface area contributed by atoms with Gasteiger partial charge < -0.3 is 4.90 Å². The molecule has 0 unspecified atom stereocenters. The van der Waals surface area contributed by atoms with Crippen LogP contribution in [0.3, 0.4) is 0 Å². The number of amides is 1. The summed E-state index contributed by atoms with van der Waals surface area (Å²) in [7, 11) is 3.55. The van der Waals surface area contributed by atoms with Crippen LogP contribution in [0.4, 0.5) is 0 Å². The van der Waals surface area contributed by atoms with E-state index in [9.17, 15) is 4.79 Å². The standard InChI is InChI=1S/C13H17NOS/c1-14(2)13(15)11-5-7-12(8-6-11)16-9-10-3-4-10/h5-8,10H,3-4,9H2,1-2H3. The Morgan fingerprint density at radius 2 is 1.94 bits per heavy atom. The lowest BCUT2D eigenvalue weighted by molar-refractivity contribution is 0.0827. The summed E-state index contributed by atoms with van der Waals surface area (Å²) < 4.78 is 0. The van der Waals surface area contributed by atoms with E-state index in [4.69, 9.17) is 0 Å². The normalized spacial score (nSPS) is 14.9. The Balaban J connectivity index is 1.95. The molecular formula is C13H17NOS. The summed E-state index contributed by atoms with van der Waals surface area (Å²) in [5.74, 6) is 2.23. The van der Waals surface area contributed by atoms with Crippen LogP contribution in [0.15, 0.2) is 29.2 Å². The lowest BCUT2D eigenvalue weighted by Crippen LogP contribution is -2.21. The van der Waals surface area contributed by atoms with E-state index < -0.39 is 0 Å². The largest absolute Gasteiger partial charge is 0.345 e. The molecule has 0 aromatic heterocycles. The first-order valence-corrected chi connectivity index (χ1v) is 6.60. The van der Waals surface area contributed by atoms with E-state index in [-0.39, 0.29) is 5.91 Å². The van der Waals surface area contributed by atoms with E-state index in [0.29, 0.717) is 0 Å². The number of carbonyl (C=O) groups excluding carboxylic acids is 1. The minimum atomic E-state index is 0.0683. The molecular weight excluding hydrogens is 218 g/mol. The molecule has 0 aliphatic heterocycles. The van der Waals surface area contributed by atoms with Gasteiger partial charge in [-0.05, 0) is 43.0 Å². The Bertz CT molecular complexity index is 368. The molecule has 16 heavy (non-hydrogen) atoms. The van der Waals surface area contributed by atoms with Crippen molar-refractivity contribution in [2.45, 2.75) is 17.7 Å². The van der Waals surface area contributed by atoms with Crippen LogP contribution in [0, 0.1) is 5.92 Å². The van der Waals surface area contributed by atoms with E-state index in [0.717, 1.165) is 11.5 Å². The molecule has 3 heteroatoms. The Morgan fingerprint density at radius 3 is 2.44 bits per heavy atom. The average molecular weight is 235 g/mol. The number of rotatable bonds is 4. The molecule has 1 aromatic carbocycles. The molecule has 0 spiro atoms. The molecule has 0 bridgehead atoms. The van der Waals surface area contributed by atoms with Gasteiger partial charge in [-0.1, -0.05) is 0 Å². The number of carbonyl (C=O) groups is 1. The van der Waals surface area contributed by atoms with Crippen molar-refractivity contribution in [3.05, 3.63) is 29.8 Å². The monoisotopic (exact) mass is 235 g/mol. The first-order chi connectivity index (χ1) is 7.66. The van der Waals surface area contributed by atoms with E-state index in [1.54, 1.807) is 19.0 Å². The predicted octanol–water partition coefficient (Wildman–Crippen LogP) is 2.89. The summed E-state index contributed by atoms with van der Waals surface area (Å²) >= 11 is 1.89. The zero-order chi connectivity index (χ0) is 11.5. The molecule has 0 N–H and O–H groups in total. The maximum Gasteiger partial charge on any atom is 0.253 e. The number of benzene rings is 1. The van der Waals surface area contributed by atoms with Gasteiger partial charge in [0.25, 0.3) is 5.91 Å². The lowest BCUT2D eigenvalue weighted by Gasteiger charge is -2.10. The zero-order valence-electron chi connectivity index (χ0n) is 9.77. The fourth-order valence-electron chi connectivity index (χ4n) is 1.45. The lowest BCUT2D eigenvalue weighted by atomic mass is 10.2. The summed E-state index contributed by atoms with van der Waals surface area (Å²) in [6, 6.07) is 7.92. The number of hydrogen-bond acceptors (Lipinski definition) is 2. The highest BCUT2D eigenvalue weighted by Crippen LogP contribution is 2.34. The molecule has 1 aliphatic carbocycles. The van der Waals surface area contributed by atoms with Crippen LogP contribution in [-0.4, -0.2) is 30.7 Å². The van der Waals surface area contributed by atoms with Crippen molar-refractivity contribution in [3.63, 3.8) is 0 Å². The van der Waals surface area contributed by atoms with Crippen molar-refractivity contribution in [1.29, 1.82) is 0 Å². The smallest absolute Gasteiger partial charge is 0.253 e. The Kier molecular flexibility index (Phi) is 3.54. The van der Waals surface area contributed by atoms with Crippen molar-refractivity contribution in [3.8, 4) is 0 Å². The number of thioether (sulfide) groups is 1. The van der Waals surface area contributed by atoms with Crippen LogP contribution >= 0.6 is 11.8 Å². The fraction of sp³-hybridized carbons (Fsp3) is 0.462. The van der Waals surface area contributed by atoms with Gasteiger partial charge in [-0.15, -0.1) is 11.8 Å². The molecule has 1 aliphatic rings. The average Bonchev–Trinajstić information content (AvgIpc) is 3.10. The molecule has 1 saturated carbocycles. The van der Waals surface area contributed by atoms with Gasteiger partial charge in [-0.3, -0.25) is 4.79 Å². The molecule has 0 radical (unpaired) electrons. The van der Waals surface area contributed by atoms with Crippen LogP contribution < -0.4 is 0 Å². The second kappa shape index (κ2) is 4.91. The number of nitrogens with zero attached hydrogens (tertiary/aromatic N) is 1. The number of hydrogen-bond donors (Lipinski definition) is 0. The Morgan fingerprint density at radius 1 is 1.31 bits per heavy atom. The van der Waals surface area contributed by atoms with E-state index in [2.05, 4.69) is 0 Å². The molecule has 2 nitrogen and oxygen atoms in total. The van der Waals surface area contributed by atoms with Gasteiger partial charge in [0.05, 0.1) is 0 Å². The first kappa shape index (κ1) is 11.5. The van der Waals surface area contributed by atoms with Crippen molar-refractivity contribution >= 4 is 17.7 Å². The maximum atomic E-state index is 11.7. The molecule has 1 amide bonds. The topological polar surface area (TPSA) is 20.3 Å². The van der Waals surface area contributed by atoms with Crippen LogP contribution in [0.25, 0.3) is 0 Å². The molecule has 0 saturated heterocycles. The Labute approximate surface area is 101 Å². The van der Waals surface area contributed by atoms with E-state index in [1.165, 1.54) is 23.5 Å². The summed E-state index contributed by atoms with van der Waals surface area (Å²) in [6.45, 7) is 0. The highest BCUT2D eigenvalue weighted by atomic mass is 32.2. The van der Waals surface area contributed by atoms with Crippen LogP contribution in [0.5, 0.6) is 0 Å². The second-order valence-corrected chi connectivity index (χ2v) is 5.57. The zero-order valence-corrected chi connectivity index (χ0v) is 10.6. The van der Waals surface area contributed by atoms with Gasteiger partial charge in [0.1, 0.15) is 0 Å². The maximum absolute atomic E-state index is 11.7. The summed E-state index contributed by atoms with van der Waals surface area (Å²) in [6.07, 6.45) is 2.79. The molecule has 2 rings (SSSR count). The van der Waals surface area contributed by atoms with Gasteiger partial charge in [0, 0.05) is 30.3 Å². The predicted molar refractivity (Wildman–Crippen MR) is 67.9 cm³/mol. The van der Waals surface area contributed by atoms with Crippen LogP contribution in [0.1, 0.15) is 23.2 Å². The van der Waals surface area contributed by atoms with Gasteiger partial charge in [-0.25, -0.2) is 0 Å². The second-order valence-electron chi connectivity index (χ2n) is 4.48. The third kappa shape index (κ3) is 3.01. The van der Waals surface area contributed by atoms with Gasteiger partial charge in [0.2, 0.25) is 0 Å². The molecule has 1 fully saturated rings. The van der Waals surface area contributed by atoms with Crippen molar-refractivity contribution in [2.75, 3.05) is 19.8 Å². The van der Waals surface area contributed by atoms with Crippen molar-refractivity contribution in [1.82, 2.24) is 4.90 Å². The van der Waals surface area contributed by atoms with Gasteiger partial charge in [0.15, 0.2) is 0 Å². The SMILES string of the molecule is CN(C)C(=O)c1ccc(SCC2CC2)cc1. The van der Waals surface area contributed by atoms with E-state index in [1.807, 2.05) is 36.0 Å². The molecule has 86 valence electrons. The van der Waals surface area contributed by atoms with E-state index >= 15 is 0 Å². The Hall–Kier alpha value is -0.960. The molecule has 0 atom stereocenters. The molecule has 0 heterocycles. The van der Waals surface area contributed by atoms with Gasteiger partial charge in [-0.2, -0.15) is 0 Å². The third-order valence-corrected chi connectivity index (χ3v) is 3.93. The van der Waals surface area contributed by atoms with Crippen molar-refractivity contribution < 1.29 is 4.79 Å². The quantitative estimate of drug-likeness (QED) is 0.748. The highest BCUT2D eigenvalue weighted by molar-refractivity contribution is 7.99. The summed E-state index contributed by atoms with van der Waals surface area (Å²) in [5.41, 5.74) is 0.765. The van der Waals surface area contributed by atoms with Crippen LogP contribution in [0.2, 0.25) is 0 Å². The summed E-state index contributed by atoms with van der Waals surface area (Å²) in [4.78, 5) is 14.5. The summed E-state index contributed by atoms with van der Waals surface area (Å²) in [5, 5.41) is 0. The molecule has 1 aromatic rings. The minimum absolute atomic E-state index is 0.0683. The van der Waals surface area contributed by atoms with Gasteiger partial charge >= 0.3 is 0 Å². The minimum Gasteiger partial charge on any atom is -0.345 e. The highest BCUT2D eigenvalue weighted by Gasteiger charge is 2.21. The fourth-order valence-corrected chi connectivity index (χ4v) is 2.54. The van der Waals surface area contributed by atoms with Crippen LogP contribution in [-0.2, 0) is 0 Å². The third-order valence-electron chi connectivity index (χ3n) is 2.69. The van der Waals surface area contributed by atoms with Crippen molar-refractivity contribution in [2.24, 2.45) is 5.92 Å².